The zero-order valence-corrected chi connectivity index (χ0v) is 12.2. The molecule has 18 heavy (non-hydrogen) atoms. The summed E-state index contributed by atoms with van der Waals surface area (Å²) < 4.78 is 5.43. The van der Waals surface area contributed by atoms with E-state index < -0.39 is 0 Å². The molecule has 0 amide bonds. The minimum absolute atomic E-state index is 0.582. The van der Waals surface area contributed by atoms with Crippen molar-refractivity contribution in [2.45, 2.75) is 53.1 Å². The van der Waals surface area contributed by atoms with Crippen LogP contribution < -0.4 is 10.1 Å². The molecule has 0 bridgehead atoms. The maximum atomic E-state index is 5.43. The minimum atomic E-state index is 0.582. The Bertz CT molecular complexity index is 318. The predicted molar refractivity (Wildman–Crippen MR) is 78.0 cm³/mol. The van der Waals surface area contributed by atoms with E-state index in [9.17, 15) is 0 Å². The Morgan fingerprint density at radius 3 is 2.28 bits per heavy atom. The summed E-state index contributed by atoms with van der Waals surface area (Å²) >= 11 is 0. The highest BCUT2D eigenvalue weighted by atomic mass is 16.5. The third-order valence-electron chi connectivity index (χ3n) is 3.07. The SMILES string of the molecule is CCOc1ccc(CNC(C)CCC(C)C)cc1. The van der Waals surface area contributed by atoms with Gasteiger partial charge < -0.3 is 10.1 Å². The first-order chi connectivity index (χ1) is 8.61. The van der Waals surface area contributed by atoms with Crippen LogP contribution in [0.3, 0.4) is 0 Å². The van der Waals surface area contributed by atoms with Crippen molar-refractivity contribution in [3.63, 3.8) is 0 Å². The molecule has 0 heterocycles. The van der Waals surface area contributed by atoms with Crippen LogP contribution in [0, 0.1) is 5.92 Å². The molecule has 1 rings (SSSR count). The maximum absolute atomic E-state index is 5.43. The van der Waals surface area contributed by atoms with E-state index in [1.165, 1.54) is 18.4 Å². The van der Waals surface area contributed by atoms with Crippen molar-refractivity contribution < 1.29 is 4.74 Å². The normalized spacial score (nSPS) is 12.7. The van der Waals surface area contributed by atoms with Crippen molar-refractivity contribution in [3.05, 3.63) is 29.8 Å². The number of benzene rings is 1. The topological polar surface area (TPSA) is 21.3 Å². The van der Waals surface area contributed by atoms with Gasteiger partial charge in [0.05, 0.1) is 6.61 Å². The third kappa shape index (κ3) is 6.06. The lowest BCUT2D eigenvalue weighted by Crippen LogP contribution is -2.25. The zero-order chi connectivity index (χ0) is 13.4. The van der Waals surface area contributed by atoms with E-state index in [0.29, 0.717) is 6.04 Å². The summed E-state index contributed by atoms with van der Waals surface area (Å²) in [5.74, 6) is 1.74. The summed E-state index contributed by atoms with van der Waals surface area (Å²) in [5.41, 5.74) is 1.31. The van der Waals surface area contributed by atoms with Gasteiger partial charge in [-0.05, 0) is 50.3 Å². The van der Waals surface area contributed by atoms with Crippen molar-refractivity contribution in [1.82, 2.24) is 5.32 Å². The molecule has 0 saturated heterocycles. The van der Waals surface area contributed by atoms with Gasteiger partial charge in [-0.1, -0.05) is 26.0 Å². The molecule has 0 radical (unpaired) electrons. The Morgan fingerprint density at radius 2 is 1.72 bits per heavy atom. The van der Waals surface area contributed by atoms with Gasteiger partial charge in [-0.25, -0.2) is 0 Å². The lowest BCUT2D eigenvalue weighted by Gasteiger charge is -2.15. The van der Waals surface area contributed by atoms with Crippen LogP contribution in [0.1, 0.15) is 46.1 Å². The van der Waals surface area contributed by atoms with E-state index in [-0.39, 0.29) is 0 Å². The number of rotatable bonds is 8. The van der Waals surface area contributed by atoms with Gasteiger partial charge in [-0.3, -0.25) is 0 Å². The summed E-state index contributed by atoms with van der Waals surface area (Å²) in [6, 6.07) is 8.93. The Balaban J connectivity index is 2.29. The van der Waals surface area contributed by atoms with Crippen LogP contribution in [0.25, 0.3) is 0 Å². The second-order valence-corrected chi connectivity index (χ2v) is 5.33. The van der Waals surface area contributed by atoms with Gasteiger partial charge in [0.1, 0.15) is 5.75 Å². The van der Waals surface area contributed by atoms with Crippen molar-refractivity contribution in [3.8, 4) is 5.75 Å². The molecule has 1 aromatic carbocycles. The van der Waals surface area contributed by atoms with Crippen LogP contribution in [-0.4, -0.2) is 12.6 Å². The molecule has 1 aromatic rings. The second-order valence-electron chi connectivity index (χ2n) is 5.33. The fourth-order valence-corrected chi connectivity index (χ4v) is 1.85. The van der Waals surface area contributed by atoms with Crippen molar-refractivity contribution >= 4 is 0 Å². The lowest BCUT2D eigenvalue weighted by molar-refractivity contribution is 0.340. The highest BCUT2D eigenvalue weighted by Crippen LogP contribution is 2.12. The summed E-state index contributed by atoms with van der Waals surface area (Å²) in [6.07, 6.45) is 2.53. The average molecular weight is 249 g/mol. The largest absolute Gasteiger partial charge is 0.494 e. The van der Waals surface area contributed by atoms with Gasteiger partial charge in [0.25, 0.3) is 0 Å². The monoisotopic (exact) mass is 249 g/mol. The summed E-state index contributed by atoms with van der Waals surface area (Å²) in [6.45, 7) is 10.5. The van der Waals surface area contributed by atoms with E-state index in [0.717, 1.165) is 24.8 Å². The summed E-state index contributed by atoms with van der Waals surface area (Å²) in [4.78, 5) is 0. The quantitative estimate of drug-likeness (QED) is 0.752. The van der Waals surface area contributed by atoms with Gasteiger partial charge in [0.15, 0.2) is 0 Å². The molecule has 1 N–H and O–H groups in total. The van der Waals surface area contributed by atoms with Crippen LogP contribution in [0.4, 0.5) is 0 Å². The van der Waals surface area contributed by atoms with Gasteiger partial charge in [-0.2, -0.15) is 0 Å². The third-order valence-corrected chi connectivity index (χ3v) is 3.07. The van der Waals surface area contributed by atoms with Crippen molar-refractivity contribution in [1.29, 1.82) is 0 Å². The number of hydrogen-bond donors (Lipinski definition) is 1. The van der Waals surface area contributed by atoms with Crippen LogP contribution in [0.5, 0.6) is 5.75 Å². The molecular formula is C16H27NO. The number of ether oxygens (including phenoxy) is 1. The first-order valence-electron chi connectivity index (χ1n) is 7.07. The highest BCUT2D eigenvalue weighted by Gasteiger charge is 2.03. The van der Waals surface area contributed by atoms with Gasteiger partial charge in [-0.15, -0.1) is 0 Å². The molecule has 0 saturated carbocycles. The molecule has 2 nitrogen and oxygen atoms in total. The molecule has 1 unspecified atom stereocenters. The molecule has 0 aliphatic heterocycles. The lowest BCUT2D eigenvalue weighted by atomic mass is 10.0. The molecule has 102 valence electrons. The second kappa shape index (κ2) is 8.15. The van der Waals surface area contributed by atoms with E-state index in [4.69, 9.17) is 4.74 Å². The van der Waals surface area contributed by atoms with Crippen LogP contribution in [-0.2, 0) is 6.54 Å². The van der Waals surface area contributed by atoms with Crippen molar-refractivity contribution in [2.24, 2.45) is 5.92 Å². The fraction of sp³-hybridized carbons (Fsp3) is 0.625. The minimum Gasteiger partial charge on any atom is -0.494 e. The highest BCUT2D eigenvalue weighted by molar-refractivity contribution is 5.27. The molecule has 1 atom stereocenters. The first kappa shape index (κ1) is 15.0. The van der Waals surface area contributed by atoms with Gasteiger partial charge in [0, 0.05) is 12.6 Å². The molecule has 0 aliphatic rings. The average Bonchev–Trinajstić information content (AvgIpc) is 2.36. The van der Waals surface area contributed by atoms with Crippen LogP contribution in [0.2, 0.25) is 0 Å². The Hall–Kier alpha value is -1.02. The molecule has 2 heteroatoms. The molecule has 0 aromatic heterocycles. The van der Waals surface area contributed by atoms with E-state index in [1.54, 1.807) is 0 Å². The van der Waals surface area contributed by atoms with E-state index >= 15 is 0 Å². The Labute approximate surface area is 112 Å². The standard InChI is InChI=1S/C16H27NO/c1-5-18-16-10-8-15(9-11-16)12-17-14(4)7-6-13(2)3/h8-11,13-14,17H,5-7,12H2,1-4H3. The summed E-state index contributed by atoms with van der Waals surface area (Å²) in [5, 5.41) is 3.56. The number of nitrogens with one attached hydrogen (secondary N) is 1. The van der Waals surface area contributed by atoms with Gasteiger partial charge in [0.2, 0.25) is 0 Å². The maximum Gasteiger partial charge on any atom is 0.119 e. The Morgan fingerprint density at radius 1 is 1.06 bits per heavy atom. The molecule has 0 spiro atoms. The van der Waals surface area contributed by atoms with Crippen molar-refractivity contribution in [2.75, 3.05) is 6.61 Å². The van der Waals surface area contributed by atoms with Gasteiger partial charge >= 0.3 is 0 Å². The smallest absolute Gasteiger partial charge is 0.119 e. The van der Waals surface area contributed by atoms with Crippen LogP contribution >= 0.6 is 0 Å². The Kier molecular flexibility index (Phi) is 6.81. The first-order valence-corrected chi connectivity index (χ1v) is 7.07. The van der Waals surface area contributed by atoms with Crippen LogP contribution in [0.15, 0.2) is 24.3 Å². The van der Waals surface area contributed by atoms with E-state index in [2.05, 4.69) is 38.2 Å². The summed E-state index contributed by atoms with van der Waals surface area (Å²) in [7, 11) is 0. The predicted octanol–water partition coefficient (Wildman–Crippen LogP) is 4.00. The fourth-order valence-electron chi connectivity index (χ4n) is 1.85. The molecular weight excluding hydrogens is 222 g/mol. The molecule has 0 fully saturated rings. The van der Waals surface area contributed by atoms with E-state index in [1.807, 2.05) is 19.1 Å². The molecule has 0 aliphatic carbocycles. The zero-order valence-electron chi connectivity index (χ0n) is 12.2. The number of hydrogen-bond acceptors (Lipinski definition) is 2.